The first-order valence-corrected chi connectivity index (χ1v) is 6.24. The zero-order valence-electron chi connectivity index (χ0n) is 10.1. The molecule has 1 fully saturated rings. The fraction of sp³-hybridized carbons (Fsp3) is 0.571. The molecule has 1 saturated heterocycles. The molecule has 1 aliphatic rings. The lowest BCUT2D eigenvalue weighted by Gasteiger charge is -2.24. The summed E-state index contributed by atoms with van der Waals surface area (Å²) in [6, 6.07) is 11.6. The molecule has 88 valence electrons. The Morgan fingerprint density at radius 3 is 2.69 bits per heavy atom. The Morgan fingerprint density at radius 2 is 2.12 bits per heavy atom. The normalized spacial score (nSPS) is 26.9. The Hall–Kier alpha value is -0.860. The molecule has 0 amide bonds. The Bertz CT molecular complexity index is 312. The fourth-order valence-electron chi connectivity index (χ4n) is 2.34. The van der Waals surface area contributed by atoms with Gasteiger partial charge in [-0.3, -0.25) is 0 Å². The van der Waals surface area contributed by atoms with Gasteiger partial charge >= 0.3 is 0 Å². The molecule has 2 nitrogen and oxygen atoms in total. The van der Waals surface area contributed by atoms with Crippen LogP contribution in [0, 0.1) is 0 Å². The van der Waals surface area contributed by atoms with Crippen molar-refractivity contribution in [1.29, 1.82) is 0 Å². The second kappa shape index (κ2) is 5.46. The molecule has 16 heavy (non-hydrogen) atoms. The van der Waals surface area contributed by atoms with Gasteiger partial charge in [0.1, 0.15) is 0 Å². The first-order chi connectivity index (χ1) is 7.81. The van der Waals surface area contributed by atoms with E-state index in [2.05, 4.69) is 49.5 Å². The Labute approximate surface area is 98.0 Å². The lowest BCUT2D eigenvalue weighted by Crippen LogP contribution is -2.37. The average Bonchev–Trinajstić information content (AvgIpc) is 2.73. The van der Waals surface area contributed by atoms with E-state index >= 15 is 0 Å². The molecule has 0 aliphatic carbocycles. The van der Waals surface area contributed by atoms with Crippen molar-refractivity contribution in [2.45, 2.75) is 44.9 Å². The summed E-state index contributed by atoms with van der Waals surface area (Å²) in [5.41, 5.74) is 1.38. The van der Waals surface area contributed by atoms with E-state index in [9.17, 15) is 0 Å². The molecule has 0 radical (unpaired) electrons. The van der Waals surface area contributed by atoms with Crippen LogP contribution in [0.15, 0.2) is 30.3 Å². The van der Waals surface area contributed by atoms with Gasteiger partial charge in [0.2, 0.25) is 0 Å². The van der Waals surface area contributed by atoms with Gasteiger partial charge in [-0.2, -0.15) is 0 Å². The number of nitrogens with one attached hydrogen (secondary N) is 1. The van der Waals surface area contributed by atoms with Crippen LogP contribution in [0.25, 0.3) is 0 Å². The summed E-state index contributed by atoms with van der Waals surface area (Å²) < 4.78 is 5.58. The van der Waals surface area contributed by atoms with E-state index in [1.165, 1.54) is 5.56 Å². The molecule has 1 heterocycles. The van der Waals surface area contributed by atoms with Gasteiger partial charge in [0.05, 0.1) is 6.10 Å². The van der Waals surface area contributed by atoms with Crippen LogP contribution in [0.2, 0.25) is 0 Å². The van der Waals surface area contributed by atoms with Gasteiger partial charge in [0.15, 0.2) is 0 Å². The Balaban J connectivity index is 2.00. The largest absolute Gasteiger partial charge is 0.377 e. The lowest BCUT2D eigenvalue weighted by molar-refractivity contribution is 0.110. The van der Waals surface area contributed by atoms with Crippen LogP contribution in [0.3, 0.4) is 0 Å². The summed E-state index contributed by atoms with van der Waals surface area (Å²) in [5.74, 6) is 0. The molecule has 1 N–H and O–H groups in total. The number of rotatable bonds is 4. The molecule has 0 spiro atoms. The standard InChI is InChI=1S/C14H21NO/c1-3-13(12-7-5-4-6-8-12)15-14-9-10-16-11(14)2/h4-8,11,13-15H,3,9-10H2,1-2H3. The van der Waals surface area contributed by atoms with Gasteiger partial charge < -0.3 is 10.1 Å². The first-order valence-electron chi connectivity index (χ1n) is 6.24. The second-order valence-electron chi connectivity index (χ2n) is 4.51. The second-order valence-corrected chi connectivity index (χ2v) is 4.51. The molecule has 2 rings (SSSR count). The molecular weight excluding hydrogens is 198 g/mol. The topological polar surface area (TPSA) is 21.3 Å². The van der Waals surface area contributed by atoms with Gasteiger partial charge in [0.25, 0.3) is 0 Å². The van der Waals surface area contributed by atoms with E-state index in [-0.39, 0.29) is 0 Å². The summed E-state index contributed by atoms with van der Waals surface area (Å²) in [6.45, 7) is 5.28. The lowest BCUT2D eigenvalue weighted by atomic mass is 10.0. The highest BCUT2D eigenvalue weighted by atomic mass is 16.5. The van der Waals surface area contributed by atoms with Crippen molar-refractivity contribution >= 4 is 0 Å². The van der Waals surface area contributed by atoms with Crippen molar-refractivity contribution in [2.75, 3.05) is 6.61 Å². The molecule has 3 atom stereocenters. The smallest absolute Gasteiger partial charge is 0.0700 e. The molecule has 3 unspecified atom stereocenters. The summed E-state index contributed by atoms with van der Waals surface area (Å²) in [7, 11) is 0. The van der Waals surface area contributed by atoms with Gasteiger partial charge in [-0.05, 0) is 25.3 Å². The van der Waals surface area contributed by atoms with E-state index in [4.69, 9.17) is 4.74 Å². The molecule has 0 bridgehead atoms. The molecule has 1 aromatic carbocycles. The van der Waals surface area contributed by atoms with Crippen molar-refractivity contribution in [3.63, 3.8) is 0 Å². The number of hydrogen-bond acceptors (Lipinski definition) is 2. The van der Waals surface area contributed by atoms with E-state index in [1.807, 2.05) is 0 Å². The SMILES string of the molecule is CCC(NC1CCOC1C)c1ccccc1. The summed E-state index contributed by atoms with van der Waals surface area (Å²) >= 11 is 0. The molecule has 1 aromatic rings. The van der Waals surface area contributed by atoms with Crippen molar-refractivity contribution in [3.8, 4) is 0 Å². The predicted octanol–water partition coefficient (Wildman–Crippen LogP) is 2.90. The minimum atomic E-state index is 0.345. The molecule has 2 heteroatoms. The number of ether oxygens (including phenoxy) is 1. The highest BCUT2D eigenvalue weighted by Gasteiger charge is 2.26. The van der Waals surface area contributed by atoms with Crippen molar-refractivity contribution in [3.05, 3.63) is 35.9 Å². The highest BCUT2D eigenvalue weighted by Crippen LogP contribution is 2.21. The van der Waals surface area contributed by atoms with Crippen LogP contribution in [0.4, 0.5) is 0 Å². The van der Waals surface area contributed by atoms with Gasteiger partial charge in [-0.25, -0.2) is 0 Å². The molecule has 0 aromatic heterocycles. The first kappa shape index (κ1) is 11.6. The summed E-state index contributed by atoms with van der Waals surface area (Å²) in [5, 5.41) is 3.71. The summed E-state index contributed by atoms with van der Waals surface area (Å²) in [4.78, 5) is 0. The third kappa shape index (κ3) is 2.63. The maximum Gasteiger partial charge on any atom is 0.0700 e. The van der Waals surface area contributed by atoms with Gasteiger partial charge in [-0.1, -0.05) is 37.3 Å². The highest BCUT2D eigenvalue weighted by molar-refractivity contribution is 5.19. The van der Waals surface area contributed by atoms with E-state index in [0.29, 0.717) is 18.2 Å². The number of hydrogen-bond donors (Lipinski definition) is 1. The van der Waals surface area contributed by atoms with Crippen molar-refractivity contribution < 1.29 is 4.74 Å². The monoisotopic (exact) mass is 219 g/mol. The fourth-order valence-corrected chi connectivity index (χ4v) is 2.34. The molecule has 0 saturated carbocycles. The Morgan fingerprint density at radius 1 is 1.38 bits per heavy atom. The van der Waals surface area contributed by atoms with Crippen LogP contribution < -0.4 is 5.32 Å². The minimum Gasteiger partial charge on any atom is -0.377 e. The van der Waals surface area contributed by atoms with E-state index in [0.717, 1.165) is 19.4 Å². The van der Waals surface area contributed by atoms with Crippen molar-refractivity contribution in [2.24, 2.45) is 0 Å². The minimum absolute atomic E-state index is 0.345. The number of benzene rings is 1. The van der Waals surface area contributed by atoms with Crippen LogP contribution in [-0.4, -0.2) is 18.8 Å². The van der Waals surface area contributed by atoms with Crippen LogP contribution in [0.1, 0.15) is 38.3 Å². The Kier molecular flexibility index (Phi) is 3.97. The van der Waals surface area contributed by atoms with Crippen molar-refractivity contribution in [1.82, 2.24) is 5.32 Å². The van der Waals surface area contributed by atoms with E-state index in [1.54, 1.807) is 0 Å². The summed E-state index contributed by atoms with van der Waals surface area (Å²) in [6.07, 6.45) is 2.59. The van der Waals surface area contributed by atoms with Crippen LogP contribution >= 0.6 is 0 Å². The van der Waals surface area contributed by atoms with Crippen LogP contribution in [-0.2, 0) is 4.74 Å². The zero-order chi connectivity index (χ0) is 11.4. The molecule has 1 aliphatic heterocycles. The maximum absolute atomic E-state index is 5.58. The third-order valence-corrected chi connectivity index (χ3v) is 3.40. The maximum atomic E-state index is 5.58. The van der Waals surface area contributed by atoms with E-state index < -0.39 is 0 Å². The van der Waals surface area contributed by atoms with Gasteiger partial charge in [-0.15, -0.1) is 0 Å². The third-order valence-electron chi connectivity index (χ3n) is 3.40. The quantitative estimate of drug-likeness (QED) is 0.840. The van der Waals surface area contributed by atoms with Crippen LogP contribution in [0.5, 0.6) is 0 Å². The average molecular weight is 219 g/mol. The predicted molar refractivity (Wildman–Crippen MR) is 66.4 cm³/mol. The zero-order valence-corrected chi connectivity index (χ0v) is 10.1. The molecular formula is C14H21NO. The van der Waals surface area contributed by atoms with Gasteiger partial charge in [0, 0.05) is 18.7 Å².